The summed E-state index contributed by atoms with van der Waals surface area (Å²) >= 11 is 0. The van der Waals surface area contributed by atoms with Crippen LogP contribution in [0.15, 0.2) is 31.0 Å². The number of nitrogens with zero attached hydrogens (tertiary/aromatic N) is 6. The topological polar surface area (TPSA) is 119 Å². The van der Waals surface area contributed by atoms with Gasteiger partial charge in [-0.05, 0) is 52.7 Å². The van der Waals surface area contributed by atoms with Crippen molar-refractivity contribution in [1.29, 1.82) is 0 Å². The first kappa shape index (κ1) is 27.6. The number of hydrogen-bond donors (Lipinski definition) is 2. The van der Waals surface area contributed by atoms with Crippen LogP contribution in [-0.2, 0) is 20.4 Å². The minimum absolute atomic E-state index is 0.00153. The van der Waals surface area contributed by atoms with Gasteiger partial charge in [0.1, 0.15) is 29.9 Å². The van der Waals surface area contributed by atoms with E-state index in [4.69, 9.17) is 9.47 Å². The van der Waals surface area contributed by atoms with E-state index < -0.39 is 23.6 Å². The van der Waals surface area contributed by atoms with Crippen LogP contribution < -0.4 is 15.5 Å². The molecular formula is C27H33F3N8O3. The third kappa shape index (κ3) is 5.30. The first-order valence-electron chi connectivity index (χ1n) is 13.8. The lowest BCUT2D eigenvalue weighted by molar-refractivity contribution is -0.163. The number of carbonyl (C=O) groups is 1. The second-order valence-electron chi connectivity index (χ2n) is 11.7. The number of fused-ring (bicyclic) bond motifs is 2. The summed E-state index contributed by atoms with van der Waals surface area (Å²) in [7, 11) is 0. The van der Waals surface area contributed by atoms with Gasteiger partial charge in [0.05, 0.1) is 23.9 Å². The van der Waals surface area contributed by atoms with Crippen molar-refractivity contribution in [2.45, 2.75) is 82.8 Å². The molecule has 5 heterocycles. The molecule has 2 aliphatic heterocycles. The first-order valence-corrected chi connectivity index (χ1v) is 13.8. The molecule has 3 fully saturated rings. The minimum atomic E-state index is -4.43. The van der Waals surface area contributed by atoms with Gasteiger partial charge in [-0.15, -0.1) is 0 Å². The zero-order valence-corrected chi connectivity index (χ0v) is 23.2. The maximum atomic E-state index is 13.2. The molecular weight excluding hydrogens is 541 g/mol. The van der Waals surface area contributed by atoms with Crippen LogP contribution in [0.4, 0.5) is 24.8 Å². The maximum Gasteiger partial charge on any atom is 0.416 e. The molecule has 2 saturated heterocycles. The Kier molecular flexibility index (Phi) is 6.80. The van der Waals surface area contributed by atoms with Gasteiger partial charge >= 0.3 is 6.18 Å². The van der Waals surface area contributed by atoms with Crippen molar-refractivity contribution in [3.05, 3.63) is 36.5 Å². The van der Waals surface area contributed by atoms with Crippen LogP contribution in [0.3, 0.4) is 0 Å². The van der Waals surface area contributed by atoms with Gasteiger partial charge in [0.2, 0.25) is 5.91 Å². The third-order valence-electron chi connectivity index (χ3n) is 7.84. The number of pyridine rings is 1. The molecule has 0 radical (unpaired) electrons. The molecule has 6 rings (SSSR count). The number of aromatic nitrogens is 5. The molecule has 11 nitrogen and oxygen atoms in total. The molecule has 0 spiro atoms. The predicted octanol–water partition coefficient (Wildman–Crippen LogP) is 3.54. The highest BCUT2D eigenvalue weighted by Gasteiger charge is 2.57. The van der Waals surface area contributed by atoms with Gasteiger partial charge in [0, 0.05) is 31.4 Å². The summed E-state index contributed by atoms with van der Waals surface area (Å²) in [5, 5.41) is 6.41. The summed E-state index contributed by atoms with van der Waals surface area (Å²) in [4.78, 5) is 32.6. The molecule has 5 unspecified atom stereocenters. The van der Waals surface area contributed by atoms with E-state index in [0.29, 0.717) is 42.9 Å². The Morgan fingerprint density at radius 1 is 1.15 bits per heavy atom. The number of alkyl halides is 3. The van der Waals surface area contributed by atoms with Crippen LogP contribution in [0.25, 0.3) is 11.2 Å². The normalized spacial score (nSPS) is 27.5. The Labute approximate surface area is 234 Å². The predicted molar refractivity (Wildman–Crippen MR) is 143 cm³/mol. The molecule has 2 N–H and O–H groups in total. The molecule has 1 saturated carbocycles. The van der Waals surface area contributed by atoms with Gasteiger partial charge in [-0.25, -0.2) is 19.9 Å². The van der Waals surface area contributed by atoms with Gasteiger partial charge in [0.15, 0.2) is 17.3 Å². The Balaban J connectivity index is 1.21. The van der Waals surface area contributed by atoms with Gasteiger partial charge in [-0.2, -0.15) is 13.2 Å². The summed E-state index contributed by atoms with van der Waals surface area (Å²) in [6.07, 6.45) is 0.326. The van der Waals surface area contributed by atoms with E-state index in [2.05, 4.69) is 30.6 Å². The number of amides is 1. The lowest BCUT2D eigenvalue weighted by atomic mass is 10.0. The quantitative estimate of drug-likeness (QED) is 0.456. The number of halogens is 3. The number of nitrogens with one attached hydrogen (secondary N) is 2. The summed E-state index contributed by atoms with van der Waals surface area (Å²) in [6, 6.07) is 1.74. The molecule has 0 aromatic carbocycles. The SMILES string of the molecule is CC(C)NC(=O)C1CC(n2cnc3c(NC4CCN(c5cc(C(F)(F)F)ccn5)C4)ncnc32)C2OC(C)(C)OC12. The third-order valence-corrected chi connectivity index (χ3v) is 7.84. The Hall–Kier alpha value is -3.52. The number of hydrogen-bond acceptors (Lipinski definition) is 9. The number of imidazole rings is 1. The first-order chi connectivity index (χ1) is 19.4. The second-order valence-corrected chi connectivity index (χ2v) is 11.7. The highest BCUT2D eigenvalue weighted by molar-refractivity contribution is 5.83. The molecule has 220 valence electrons. The molecule has 1 aliphatic carbocycles. The van der Waals surface area contributed by atoms with Crippen molar-refractivity contribution in [2.75, 3.05) is 23.3 Å². The van der Waals surface area contributed by atoms with Crippen LogP contribution >= 0.6 is 0 Å². The van der Waals surface area contributed by atoms with Crippen molar-refractivity contribution in [2.24, 2.45) is 5.92 Å². The molecule has 14 heteroatoms. The fourth-order valence-corrected chi connectivity index (χ4v) is 6.12. The molecule has 3 aliphatic rings. The van der Waals surface area contributed by atoms with E-state index in [1.54, 1.807) is 6.33 Å². The highest BCUT2D eigenvalue weighted by Crippen LogP contribution is 2.47. The lowest BCUT2D eigenvalue weighted by Crippen LogP contribution is -2.40. The number of rotatable bonds is 6. The number of anilines is 2. The lowest BCUT2D eigenvalue weighted by Gasteiger charge is -2.24. The van der Waals surface area contributed by atoms with E-state index in [9.17, 15) is 18.0 Å². The average molecular weight is 575 g/mol. The van der Waals surface area contributed by atoms with Crippen LogP contribution in [0.5, 0.6) is 0 Å². The largest absolute Gasteiger partial charge is 0.416 e. The van der Waals surface area contributed by atoms with Crippen LogP contribution in [0.1, 0.15) is 52.1 Å². The van der Waals surface area contributed by atoms with E-state index in [-0.39, 0.29) is 41.9 Å². The van der Waals surface area contributed by atoms with Crippen LogP contribution in [-0.4, -0.2) is 73.6 Å². The Bertz CT molecular complexity index is 1440. The summed E-state index contributed by atoms with van der Waals surface area (Å²) < 4.78 is 53.9. The van der Waals surface area contributed by atoms with Crippen LogP contribution in [0.2, 0.25) is 0 Å². The van der Waals surface area contributed by atoms with Crippen molar-refractivity contribution >= 4 is 28.7 Å². The van der Waals surface area contributed by atoms with Gasteiger partial charge in [-0.1, -0.05) is 0 Å². The molecule has 0 bridgehead atoms. The van der Waals surface area contributed by atoms with E-state index in [1.807, 2.05) is 37.2 Å². The molecule has 5 atom stereocenters. The molecule has 41 heavy (non-hydrogen) atoms. The summed E-state index contributed by atoms with van der Waals surface area (Å²) in [5.41, 5.74) is 0.437. The van der Waals surface area contributed by atoms with E-state index in [1.165, 1.54) is 12.5 Å². The van der Waals surface area contributed by atoms with Crippen molar-refractivity contribution in [3.63, 3.8) is 0 Å². The van der Waals surface area contributed by atoms with E-state index >= 15 is 0 Å². The maximum absolute atomic E-state index is 13.2. The van der Waals surface area contributed by atoms with Crippen LogP contribution in [0, 0.1) is 5.92 Å². The standard InChI is InChI=1S/C27H33F3N8O3/c1-14(2)35-25(39)17-10-18(22-21(17)40-26(3,4)41-22)38-13-34-20-23(32-12-33-24(20)38)36-16-6-8-37(11-16)19-9-15(5-7-31-19)27(28,29)30/h5,7,9,12-14,16-18,21-22H,6,8,10-11H2,1-4H3,(H,35,39)(H,32,33,36). The monoisotopic (exact) mass is 574 g/mol. The molecule has 3 aromatic heterocycles. The molecule has 3 aromatic rings. The fourth-order valence-electron chi connectivity index (χ4n) is 6.12. The van der Waals surface area contributed by atoms with Crippen molar-refractivity contribution in [1.82, 2.24) is 29.8 Å². The smallest absolute Gasteiger partial charge is 0.364 e. The summed E-state index contributed by atoms with van der Waals surface area (Å²) in [5.74, 6) is -0.466. The minimum Gasteiger partial charge on any atom is -0.364 e. The summed E-state index contributed by atoms with van der Waals surface area (Å²) in [6.45, 7) is 8.54. The highest BCUT2D eigenvalue weighted by atomic mass is 19.4. The zero-order chi connectivity index (χ0) is 29.1. The van der Waals surface area contributed by atoms with E-state index in [0.717, 1.165) is 12.1 Å². The van der Waals surface area contributed by atoms with Crippen molar-refractivity contribution < 1.29 is 27.4 Å². The van der Waals surface area contributed by atoms with Gasteiger partial charge in [-0.3, -0.25) is 4.79 Å². The Morgan fingerprint density at radius 3 is 2.68 bits per heavy atom. The van der Waals surface area contributed by atoms with Gasteiger partial charge < -0.3 is 29.6 Å². The zero-order valence-electron chi connectivity index (χ0n) is 23.2. The Morgan fingerprint density at radius 2 is 1.93 bits per heavy atom. The molecule has 1 amide bonds. The number of ether oxygens (including phenoxy) is 2. The van der Waals surface area contributed by atoms with Gasteiger partial charge in [0.25, 0.3) is 0 Å². The second kappa shape index (κ2) is 10.1. The average Bonchev–Trinajstić information content (AvgIpc) is 3.66. The number of carbonyl (C=O) groups excluding carboxylic acids is 1. The van der Waals surface area contributed by atoms with Crippen molar-refractivity contribution in [3.8, 4) is 0 Å². The fraction of sp³-hybridized carbons (Fsp3) is 0.593.